The Morgan fingerprint density at radius 3 is 2.47 bits per heavy atom. The molecule has 80 valence electrons. The predicted octanol–water partition coefficient (Wildman–Crippen LogP) is 3.80. The summed E-state index contributed by atoms with van der Waals surface area (Å²) >= 11 is 11.7. The van der Waals surface area contributed by atoms with Gasteiger partial charge in [0.25, 0.3) is 5.24 Å². The topological polar surface area (TPSA) is 34.1 Å². The molecular formula is C10H7Br2ClO2. The van der Waals surface area contributed by atoms with Crippen LogP contribution in [0.4, 0.5) is 0 Å². The van der Waals surface area contributed by atoms with Crippen LogP contribution < -0.4 is 0 Å². The molecule has 0 aliphatic rings. The van der Waals surface area contributed by atoms with Gasteiger partial charge in [0.1, 0.15) is 0 Å². The number of benzene rings is 1. The molecule has 0 N–H and O–H groups in total. The molecule has 0 fully saturated rings. The summed E-state index contributed by atoms with van der Waals surface area (Å²) in [6, 6.07) is 4.76. The molecule has 5 heteroatoms. The number of ketones is 1. The monoisotopic (exact) mass is 352 g/mol. The first-order valence-corrected chi connectivity index (χ1v) is 6.44. The molecule has 0 amide bonds. The lowest BCUT2D eigenvalue weighted by Gasteiger charge is -2.02. The molecule has 0 aromatic heterocycles. The van der Waals surface area contributed by atoms with E-state index in [1.54, 1.807) is 18.2 Å². The van der Waals surface area contributed by atoms with E-state index in [0.717, 1.165) is 0 Å². The van der Waals surface area contributed by atoms with Gasteiger partial charge in [-0.05, 0) is 39.7 Å². The Balaban J connectivity index is 3.01. The van der Waals surface area contributed by atoms with Gasteiger partial charge in [0.15, 0.2) is 5.78 Å². The highest BCUT2D eigenvalue weighted by molar-refractivity contribution is 9.10. The highest BCUT2D eigenvalue weighted by atomic mass is 79.9. The van der Waals surface area contributed by atoms with E-state index in [2.05, 4.69) is 31.9 Å². The molecular weight excluding hydrogens is 347 g/mol. The maximum Gasteiger partial charge on any atom is 0.253 e. The van der Waals surface area contributed by atoms with Gasteiger partial charge in [-0.25, -0.2) is 0 Å². The van der Waals surface area contributed by atoms with Gasteiger partial charge in [-0.1, -0.05) is 22.0 Å². The average molecular weight is 354 g/mol. The number of carbonyl (C=O) groups is 2. The van der Waals surface area contributed by atoms with Crippen LogP contribution >= 0.6 is 43.5 Å². The summed E-state index contributed by atoms with van der Waals surface area (Å²) in [5, 5.41) is 0.0842. The van der Waals surface area contributed by atoms with Gasteiger partial charge < -0.3 is 0 Å². The zero-order valence-corrected chi connectivity index (χ0v) is 11.5. The lowest BCUT2D eigenvalue weighted by molar-refractivity contribution is 0.0988. The van der Waals surface area contributed by atoms with E-state index in [0.29, 0.717) is 27.4 Å². The van der Waals surface area contributed by atoms with Crippen molar-refractivity contribution >= 4 is 54.5 Å². The first kappa shape index (κ1) is 12.9. The summed E-state index contributed by atoms with van der Waals surface area (Å²) in [5.41, 5.74) is 0.940. The van der Waals surface area contributed by atoms with Crippen molar-refractivity contribution in [3.05, 3.63) is 33.8 Å². The molecule has 0 aliphatic carbocycles. The van der Waals surface area contributed by atoms with Crippen LogP contribution in [0.25, 0.3) is 0 Å². The van der Waals surface area contributed by atoms with Crippen LogP contribution in [0.2, 0.25) is 0 Å². The Morgan fingerprint density at radius 2 is 2.00 bits per heavy atom. The number of halogens is 3. The van der Waals surface area contributed by atoms with Gasteiger partial charge in [0.05, 0.1) is 0 Å². The lowest BCUT2D eigenvalue weighted by atomic mass is 10.1. The fourth-order valence-corrected chi connectivity index (χ4v) is 2.28. The van der Waals surface area contributed by atoms with Crippen molar-refractivity contribution in [3.8, 4) is 0 Å². The van der Waals surface area contributed by atoms with Crippen LogP contribution in [0.15, 0.2) is 22.7 Å². The van der Waals surface area contributed by atoms with Gasteiger partial charge in [-0.15, -0.1) is 0 Å². The minimum atomic E-state index is -0.540. The second-order valence-electron chi connectivity index (χ2n) is 2.83. The third kappa shape index (κ3) is 3.40. The molecule has 15 heavy (non-hydrogen) atoms. The number of hydrogen-bond donors (Lipinski definition) is 0. The van der Waals surface area contributed by atoms with Crippen LogP contribution in [-0.2, 0) is 0 Å². The SMILES string of the molecule is O=C(CCBr)c1ccc(C(=O)Cl)c(Br)c1. The fraction of sp³-hybridized carbons (Fsp3) is 0.200. The minimum absolute atomic E-state index is 0.0288. The molecule has 0 heterocycles. The second kappa shape index (κ2) is 5.77. The highest BCUT2D eigenvalue weighted by Crippen LogP contribution is 2.21. The molecule has 0 saturated carbocycles. The number of rotatable bonds is 4. The van der Waals surface area contributed by atoms with E-state index in [1.807, 2.05) is 0 Å². The normalized spacial score (nSPS) is 10.1. The summed E-state index contributed by atoms with van der Waals surface area (Å²) in [7, 11) is 0. The van der Waals surface area contributed by atoms with Gasteiger partial charge in [-0.2, -0.15) is 0 Å². The Labute approximate surface area is 109 Å². The number of alkyl halides is 1. The summed E-state index contributed by atoms with van der Waals surface area (Å²) < 4.78 is 0.544. The van der Waals surface area contributed by atoms with Crippen LogP contribution in [-0.4, -0.2) is 16.4 Å². The Morgan fingerprint density at radius 1 is 1.33 bits per heavy atom. The molecule has 1 aromatic carbocycles. The minimum Gasteiger partial charge on any atom is -0.294 e. The van der Waals surface area contributed by atoms with E-state index >= 15 is 0 Å². The van der Waals surface area contributed by atoms with E-state index in [9.17, 15) is 9.59 Å². The molecule has 0 aliphatic heterocycles. The van der Waals surface area contributed by atoms with E-state index in [-0.39, 0.29) is 5.78 Å². The molecule has 0 unspecified atom stereocenters. The number of hydrogen-bond acceptors (Lipinski definition) is 2. The van der Waals surface area contributed by atoms with E-state index in [1.165, 1.54) is 0 Å². The molecule has 1 aromatic rings. The quantitative estimate of drug-likeness (QED) is 0.468. The zero-order valence-electron chi connectivity index (χ0n) is 7.60. The third-order valence-corrected chi connectivity index (χ3v) is 3.08. The molecule has 2 nitrogen and oxygen atoms in total. The van der Waals surface area contributed by atoms with Gasteiger partial charge in [0.2, 0.25) is 0 Å². The second-order valence-corrected chi connectivity index (χ2v) is 4.82. The maximum absolute atomic E-state index is 11.5. The molecule has 0 bridgehead atoms. The first-order valence-electron chi connectivity index (χ1n) is 4.15. The molecule has 0 saturated heterocycles. The zero-order chi connectivity index (χ0) is 11.4. The standard InChI is InChI=1S/C10H7Br2ClO2/c11-4-3-9(14)6-1-2-7(10(13)15)8(12)5-6/h1-2,5H,3-4H2. The Hall–Kier alpha value is -0.190. The van der Waals surface area contributed by atoms with Crippen molar-refractivity contribution in [1.29, 1.82) is 0 Å². The van der Waals surface area contributed by atoms with Gasteiger partial charge in [-0.3, -0.25) is 9.59 Å². The number of Topliss-reactive ketones (excluding diaryl/α,β-unsaturated/α-hetero) is 1. The van der Waals surface area contributed by atoms with Gasteiger partial charge in [0, 0.05) is 27.4 Å². The maximum atomic E-state index is 11.5. The summed E-state index contributed by atoms with van der Waals surface area (Å²) in [6.45, 7) is 0. The highest BCUT2D eigenvalue weighted by Gasteiger charge is 2.11. The van der Waals surface area contributed by atoms with Crippen molar-refractivity contribution in [2.24, 2.45) is 0 Å². The van der Waals surface area contributed by atoms with E-state index in [4.69, 9.17) is 11.6 Å². The van der Waals surface area contributed by atoms with E-state index < -0.39 is 5.24 Å². The first-order chi connectivity index (χ1) is 7.06. The summed E-state index contributed by atoms with van der Waals surface area (Å²) in [5.74, 6) is 0.0288. The smallest absolute Gasteiger partial charge is 0.253 e. The third-order valence-electron chi connectivity index (χ3n) is 1.82. The van der Waals surface area contributed by atoms with Crippen molar-refractivity contribution in [2.75, 3.05) is 5.33 Å². The molecule has 1 rings (SSSR count). The molecule has 0 spiro atoms. The summed E-state index contributed by atoms with van der Waals surface area (Å²) in [6.07, 6.45) is 0.431. The van der Waals surface area contributed by atoms with Crippen LogP contribution in [0.1, 0.15) is 27.1 Å². The van der Waals surface area contributed by atoms with Crippen LogP contribution in [0, 0.1) is 0 Å². The Bertz CT molecular complexity index is 404. The van der Waals surface area contributed by atoms with Crippen molar-refractivity contribution < 1.29 is 9.59 Å². The summed E-state index contributed by atoms with van der Waals surface area (Å²) in [4.78, 5) is 22.4. The predicted molar refractivity (Wildman–Crippen MR) is 67.1 cm³/mol. The van der Waals surface area contributed by atoms with Crippen molar-refractivity contribution in [3.63, 3.8) is 0 Å². The molecule has 0 radical (unpaired) electrons. The number of carbonyl (C=O) groups excluding carboxylic acids is 2. The van der Waals surface area contributed by atoms with Crippen molar-refractivity contribution in [1.82, 2.24) is 0 Å². The lowest BCUT2D eigenvalue weighted by Crippen LogP contribution is -2.01. The van der Waals surface area contributed by atoms with Crippen LogP contribution in [0.3, 0.4) is 0 Å². The fourth-order valence-electron chi connectivity index (χ4n) is 1.08. The van der Waals surface area contributed by atoms with Gasteiger partial charge >= 0.3 is 0 Å². The molecule has 0 atom stereocenters. The largest absolute Gasteiger partial charge is 0.294 e. The van der Waals surface area contributed by atoms with Crippen molar-refractivity contribution in [2.45, 2.75) is 6.42 Å². The van der Waals surface area contributed by atoms with Crippen LogP contribution in [0.5, 0.6) is 0 Å². The Kier molecular flexibility index (Phi) is 4.96. The average Bonchev–Trinajstić information content (AvgIpc) is 2.17.